The molecule has 0 bridgehead atoms. The Morgan fingerprint density at radius 1 is 1.10 bits per heavy atom. The highest BCUT2D eigenvalue weighted by molar-refractivity contribution is 6.30. The number of nitrogens with zero attached hydrogens (tertiary/aromatic N) is 3. The number of anilines is 1. The summed E-state index contributed by atoms with van der Waals surface area (Å²) in [6.07, 6.45) is -0.592. The second-order valence-electron chi connectivity index (χ2n) is 9.57. The van der Waals surface area contributed by atoms with E-state index in [1.165, 1.54) is 12.1 Å². The van der Waals surface area contributed by atoms with Crippen LogP contribution in [0.15, 0.2) is 66.9 Å². The lowest BCUT2D eigenvalue weighted by atomic mass is 9.89. The summed E-state index contributed by atoms with van der Waals surface area (Å²) < 4.78 is 43.0. The van der Waals surface area contributed by atoms with Gasteiger partial charge in [0, 0.05) is 31.5 Å². The number of pyridine rings is 1. The summed E-state index contributed by atoms with van der Waals surface area (Å²) in [4.78, 5) is 20.0. The average molecular weight is 557 g/mol. The number of nitrogens with one attached hydrogen (secondary N) is 1. The molecule has 1 N–H and O–H groups in total. The van der Waals surface area contributed by atoms with E-state index in [1.54, 1.807) is 34.9 Å². The smallest absolute Gasteiger partial charge is 0.406 e. The molecule has 1 saturated heterocycles. The molecule has 10 heteroatoms. The highest BCUT2D eigenvalue weighted by Crippen LogP contribution is 2.32. The fraction of sp³-hybridized carbons (Fsp3) is 0.310. The number of hydrogen-bond donors (Lipinski definition) is 1. The Hall–Kier alpha value is -3.72. The molecule has 2 aromatic carbocycles. The van der Waals surface area contributed by atoms with Crippen molar-refractivity contribution in [2.24, 2.45) is 0 Å². The molecule has 1 amide bonds. The van der Waals surface area contributed by atoms with Gasteiger partial charge in [0.15, 0.2) is 0 Å². The summed E-state index contributed by atoms with van der Waals surface area (Å²) >= 11 is 6.16. The monoisotopic (exact) mass is 556 g/mol. The Balaban J connectivity index is 1.20. The van der Waals surface area contributed by atoms with Crippen molar-refractivity contribution in [3.8, 4) is 5.75 Å². The quantitative estimate of drug-likeness (QED) is 0.273. The second-order valence-corrected chi connectivity index (χ2v) is 10.0. The predicted molar refractivity (Wildman–Crippen MR) is 145 cm³/mol. The fourth-order valence-electron chi connectivity index (χ4n) is 5.10. The fourth-order valence-corrected chi connectivity index (χ4v) is 5.26. The van der Waals surface area contributed by atoms with Crippen LogP contribution in [0.25, 0.3) is 5.65 Å². The van der Waals surface area contributed by atoms with Gasteiger partial charge in [-0.3, -0.25) is 9.20 Å². The van der Waals surface area contributed by atoms with Crippen molar-refractivity contribution < 1.29 is 22.7 Å². The van der Waals surface area contributed by atoms with Gasteiger partial charge < -0.3 is 15.0 Å². The number of rotatable bonds is 7. The number of ether oxygens (including phenoxy) is 1. The molecule has 0 atom stereocenters. The largest absolute Gasteiger partial charge is 0.573 e. The molecule has 6 nitrogen and oxygen atoms in total. The van der Waals surface area contributed by atoms with Crippen LogP contribution in [-0.2, 0) is 13.0 Å². The van der Waals surface area contributed by atoms with Gasteiger partial charge in [-0.2, -0.15) is 0 Å². The van der Waals surface area contributed by atoms with Crippen molar-refractivity contribution in [3.05, 3.63) is 94.4 Å². The zero-order valence-corrected chi connectivity index (χ0v) is 22.1. The number of aryl methyl sites for hydroxylation is 1. The van der Waals surface area contributed by atoms with Crippen LogP contribution in [0.4, 0.5) is 18.9 Å². The molecule has 0 saturated carbocycles. The van der Waals surface area contributed by atoms with Gasteiger partial charge >= 0.3 is 6.36 Å². The van der Waals surface area contributed by atoms with E-state index in [4.69, 9.17) is 11.6 Å². The van der Waals surface area contributed by atoms with E-state index in [0.717, 1.165) is 42.7 Å². The summed E-state index contributed by atoms with van der Waals surface area (Å²) in [7, 11) is 0. The number of carbonyl (C=O) groups is 1. The first kappa shape index (κ1) is 26.9. The van der Waals surface area contributed by atoms with Crippen LogP contribution in [0.3, 0.4) is 0 Å². The van der Waals surface area contributed by atoms with Crippen molar-refractivity contribution in [1.29, 1.82) is 0 Å². The number of carbonyl (C=O) groups excluding carboxylic acids is 1. The van der Waals surface area contributed by atoms with Gasteiger partial charge in [0.1, 0.15) is 17.1 Å². The van der Waals surface area contributed by atoms with Crippen molar-refractivity contribution >= 4 is 28.8 Å². The Labute approximate surface area is 229 Å². The third kappa shape index (κ3) is 6.30. The second kappa shape index (κ2) is 11.2. The van der Waals surface area contributed by atoms with E-state index in [1.807, 2.05) is 19.1 Å². The van der Waals surface area contributed by atoms with Gasteiger partial charge in [-0.05, 0) is 72.7 Å². The number of aromatic nitrogens is 2. The zero-order valence-electron chi connectivity index (χ0n) is 21.3. The molecule has 1 aliphatic heterocycles. The summed E-state index contributed by atoms with van der Waals surface area (Å²) in [5.41, 5.74) is 4.95. The molecule has 0 spiro atoms. The van der Waals surface area contributed by atoms with Gasteiger partial charge in [-0.1, -0.05) is 42.8 Å². The number of halogens is 4. The third-order valence-corrected chi connectivity index (χ3v) is 7.24. The van der Waals surface area contributed by atoms with E-state index in [9.17, 15) is 18.0 Å². The minimum atomic E-state index is -4.69. The highest BCUT2D eigenvalue weighted by atomic mass is 35.5. The van der Waals surface area contributed by atoms with E-state index in [-0.39, 0.29) is 17.6 Å². The van der Waals surface area contributed by atoms with Crippen LogP contribution in [0.2, 0.25) is 5.02 Å². The van der Waals surface area contributed by atoms with Gasteiger partial charge in [0.25, 0.3) is 5.91 Å². The minimum Gasteiger partial charge on any atom is -0.406 e. The molecule has 1 aliphatic rings. The summed E-state index contributed by atoms with van der Waals surface area (Å²) in [6.45, 7) is 3.98. The maximum atomic E-state index is 13.1. The van der Waals surface area contributed by atoms with Crippen molar-refractivity contribution in [3.63, 3.8) is 0 Å². The number of benzene rings is 2. The van der Waals surface area contributed by atoms with Gasteiger partial charge in [-0.15, -0.1) is 13.2 Å². The molecule has 39 heavy (non-hydrogen) atoms. The first-order valence-electron chi connectivity index (χ1n) is 12.8. The maximum Gasteiger partial charge on any atom is 0.573 e. The molecule has 5 rings (SSSR count). The van der Waals surface area contributed by atoms with Crippen LogP contribution in [-0.4, -0.2) is 34.7 Å². The van der Waals surface area contributed by atoms with Crippen LogP contribution < -0.4 is 15.0 Å². The molecule has 3 heterocycles. The van der Waals surface area contributed by atoms with Crippen molar-refractivity contribution in [1.82, 2.24) is 14.7 Å². The van der Waals surface area contributed by atoms with Crippen molar-refractivity contribution in [2.75, 3.05) is 18.0 Å². The molecule has 204 valence electrons. The molecular formula is C29H28ClF3N4O2. The normalized spacial score (nSPS) is 14.5. The van der Waals surface area contributed by atoms with Gasteiger partial charge in [0.05, 0.1) is 10.7 Å². The molecule has 4 aromatic rings. The minimum absolute atomic E-state index is 0.205. The number of fused-ring (bicyclic) bond motifs is 1. The van der Waals surface area contributed by atoms with Crippen LogP contribution in [0.1, 0.15) is 53.0 Å². The van der Waals surface area contributed by atoms with Crippen LogP contribution in [0.5, 0.6) is 5.75 Å². The van der Waals surface area contributed by atoms with E-state index in [0.29, 0.717) is 35.0 Å². The number of hydrogen-bond acceptors (Lipinski definition) is 4. The summed E-state index contributed by atoms with van der Waals surface area (Å²) in [5.74, 6) is -0.140. The lowest BCUT2D eigenvalue weighted by Gasteiger charge is -2.34. The predicted octanol–water partition coefficient (Wildman–Crippen LogP) is 6.76. The van der Waals surface area contributed by atoms with Crippen LogP contribution >= 0.6 is 11.6 Å². The standard InChI is InChI=1S/C29H28ClF3N4O2/c1-2-25-27(37-18-22(30)8-11-26(37)35-25)28(38)34-17-19-4-3-5-23(16-19)36-14-12-21(13-15-36)20-6-9-24(10-7-20)39-29(31,32)33/h3-11,16,18,21H,2,12-15,17H2,1H3,(H,34,38). The Bertz CT molecular complexity index is 1460. The Morgan fingerprint density at radius 3 is 2.54 bits per heavy atom. The molecule has 2 aromatic heterocycles. The topological polar surface area (TPSA) is 58.9 Å². The SMILES string of the molecule is CCc1nc2ccc(Cl)cn2c1C(=O)NCc1cccc(N2CCC(c3ccc(OC(F)(F)F)cc3)CC2)c1. The first-order chi connectivity index (χ1) is 18.7. The number of alkyl halides is 3. The summed E-state index contributed by atoms with van der Waals surface area (Å²) in [5, 5.41) is 3.55. The average Bonchev–Trinajstić information content (AvgIpc) is 3.29. The van der Waals surface area contributed by atoms with E-state index < -0.39 is 6.36 Å². The number of piperidine rings is 1. The van der Waals surface area contributed by atoms with E-state index >= 15 is 0 Å². The maximum absolute atomic E-state index is 13.1. The highest BCUT2D eigenvalue weighted by Gasteiger charge is 2.31. The third-order valence-electron chi connectivity index (χ3n) is 7.01. The van der Waals surface area contributed by atoms with E-state index in [2.05, 4.69) is 32.1 Å². The van der Waals surface area contributed by atoms with Gasteiger partial charge in [-0.25, -0.2) is 4.98 Å². The lowest BCUT2D eigenvalue weighted by molar-refractivity contribution is -0.274. The zero-order chi connectivity index (χ0) is 27.6. The van der Waals surface area contributed by atoms with Crippen molar-refractivity contribution in [2.45, 2.75) is 45.0 Å². The number of imidazole rings is 1. The molecule has 0 aliphatic carbocycles. The molecule has 0 unspecified atom stereocenters. The summed E-state index contributed by atoms with van der Waals surface area (Å²) in [6, 6.07) is 17.8. The van der Waals surface area contributed by atoms with Crippen LogP contribution in [0, 0.1) is 0 Å². The molecule has 0 radical (unpaired) electrons. The Kier molecular flexibility index (Phi) is 7.70. The number of amides is 1. The molecular weight excluding hydrogens is 529 g/mol. The van der Waals surface area contributed by atoms with Gasteiger partial charge in [0.2, 0.25) is 0 Å². The first-order valence-corrected chi connectivity index (χ1v) is 13.2. The lowest BCUT2D eigenvalue weighted by Crippen LogP contribution is -2.33. The molecule has 1 fully saturated rings. The Morgan fingerprint density at radius 2 is 1.85 bits per heavy atom.